The monoisotopic (exact) mass is 366 g/mol. The molecular weight excluding hydrogens is 340 g/mol. The molecule has 1 heterocycles. The summed E-state index contributed by atoms with van der Waals surface area (Å²) in [6.45, 7) is 2.30. The van der Waals surface area contributed by atoms with Gasteiger partial charge in [0.1, 0.15) is 0 Å². The van der Waals surface area contributed by atoms with Crippen molar-refractivity contribution in [3.63, 3.8) is 0 Å². The van der Waals surface area contributed by atoms with E-state index < -0.39 is 0 Å². The highest BCUT2D eigenvalue weighted by Gasteiger charge is 2.29. The van der Waals surface area contributed by atoms with Crippen molar-refractivity contribution in [1.82, 2.24) is 4.98 Å². The lowest BCUT2D eigenvalue weighted by atomic mass is 9.73. The summed E-state index contributed by atoms with van der Waals surface area (Å²) in [7, 11) is 0. The van der Waals surface area contributed by atoms with Crippen LogP contribution in [-0.2, 0) is 18.3 Å². The summed E-state index contributed by atoms with van der Waals surface area (Å²) in [5.74, 6) is 0. The Hall–Kier alpha value is -3.13. The maximum atomic E-state index is 8.72. The SMILES string of the molecule is CC(CC(=N)Cc1ccccc1)(Cc1ccccc1)c1ccc2[nH]ccc2c1. The van der Waals surface area contributed by atoms with E-state index in [1.165, 1.54) is 22.1 Å². The number of nitrogens with one attached hydrogen (secondary N) is 2. The molecule has 0 aliphatic rings. The summed E-state index contributed by atoms with van der Waals surface area (Å²) in [4.78, 5) is 3.28. The molecular formula is C26H26N2. The predicted octanol–water partition coefficient (Wildman–Crippen LogP) is 6.32. The van der Waals surface area contributed by atoms with Gasteiger partial charge in [-0.05, 0) is 53.1 Å². The maximum absolute atomic E-state index is 8.72. The molecule has 4 rings (SSSR count). The molecule has 1 atom stereocenters. The fourth-order valence-electron chi connectivity index (χ4n) is 4.12. The van der Waals surface area contributed by atoms with Crippen molar-refractivity contribution < 1.29 is 0 Å². The molecule has 3 aromatic carbocycles. The molecule has 0 spiro atoms. The summed E-state index contributed by atoms with van der Waals surface area (Å²) in [6, 6.07) is 29.8. The molecule has 1 unspecified atom stereocenters. The average molecular weight is 367 g/mol. The van der Waals surface area contributed by atoms with Gasteiger partial charge < -0.3 is 10.4 Å². The normalized spacial score (nSPS) is 13.3. The van der Waals surface area contributed by atoms with E-state index in [0.717, 1.165) is 24.1 Å². The third-order valence-corrected chi connectivity index (χ3v) is 5.55. The van der Waals surface area contributed by atoms with E-state index in [2.05, 4.69) is 78.6 Å². The van der Waals surface area contributed by atoms with E-state index in [0.29, 0.717) is 6.42 Å². The van der Waals surface area contributed by atoms with E-state index in [-0.39, 0.29) is 5.41 Å². The van der Waals surface area contributed by atoms with E-state index in [1.54, 1.807) is 0 Å². The van der Waals surface area contributed by atoms with Crippen LogP contribution in [-0.4, -0.2) is 10.7 Å². The molecule has 28 heavy (non-hydrogen) atoms. The van der Waals surface area contributed by atoms with Crippen molar-refractivity contribution >= 4 is 16.6 Å². The smallest absolute Gasteiger partial charge is 0.0454 e. The molecule has 2 heteroatoms. The summed E-state index contributed by atoms with van der Waals surface area (Å²) in [5, 5.41) is 9.95. The molecule has 0 radical (unpaired) electrons. The highest BCUT2D eigenvalue weighted by atomic mass is 14.7. The summed E-state index contributed by atoms with van der Waals surface area (Å²) in [5.41, 5.74) is 5.62. The van der Waals surface area contributed by atoms with Gasteiger partial charge in [-0.1, -0.05) is 73.7 Å². The Morgan fingerprint density at radius 1 is 0.857 bits per heavy atom. The first-order chi connectivity index (χ1) is 13.6. The lowest BCUT2D eigenvalue weighted by Crippen LogP contribution is -2.29. The number of aromatic nitrogens is 1. The van der Waals surface area contributed by atoms with Crippen LogP contribution in [0.4, 0.5) is 0 Å². The Bertz CT molecular complexity index is 1060. The Morgan fingerprint density at radius 2 is 1.54 bits per heavy atom. The van der Waals surface area contributed by atoms with E-state index >= 15 is 0 Å². The lowest BCUT2D eigenvalue weighted by molar-refractivity contribution is 0.485. The molecule has 4 aromatic rings. The minimum atomic E-state index is -0.126. The summed E-state index contributed by atoms with van der Waals surface area (Å²) >= 11 is 0. The molecule has 140 valence electrons. The van der Waals surface area contributed by atoms with Crippen LogP contribution in [0, 0.1) is 5.41 Å². The fourth-order valence-corrected chi connectivity index (χ4v) is 4.12. The molecule has 0 aliphatic carbocycles. The number of benzene rings is 3. The second-order valence-electron chi connectivity index (χ2n) is 7.95. The van der Waals surface area contributed by atoms with Gasteiger partial charge in [-0.2, -0.15) is 0 Å². The second kappa shape index (κ2) is 7.85. The van der Waals surface area contributed by atoms with Gasteiger partial charge in [0.25, 0.3) is 0 Å². The van der Waals surface area contributed by atoms with Crippen molar-refractivity contribution in [2.45, 2.75) is 31.6 Å². The number of fused-ring (bicyclic) bond motifs is 1. The standard InChI is InChI=1S/C26H26N2/c1-26(18-21-10-6-3-7-11-21,19-24(27)16-20-8-4-2-5-9-20)23-12-13-25-22(17-23)14-15-28-25/h2-15,17,27-28H,16,18-19H2,1H3. The van der Waals surface area contributed by atoms with Gasteiger partial charge in [-0.25, -0.2) is 0 Å². The van der Waals surface area contributed by atoms with Crippen LogP contribution >= 0.6 is 0 Å². The largest absolute Gasteiger partial charge is 0.361 e. The molecule has 0 saturated carbocycles. The molecule has 2 nitrogen and oxygen atoms in total. The topological polar surface area (TPSA) is 39.6 Å². The van der Waals surface area contributed by atoms with Crippen molar-refractivity contribution in [3.8, 4) is 0 Å². The van der Waals surface area contributed by atoms with Gasteiger partial charge in [0.15, 0.2) is 0 Å². The Balaban J connectivity index is 1.65. The summed E-state index contributed by atoms with van der Waals surface area (Å²) in [6.07, 6.45) is 4.35. The average Bonchev–Trinajstić information content (AvgIpc) is 3.17. The maximum Gasteiger partial charge on any atom is 0.0454 e. The van der Waals surface area contributed by atoms with E-state index in [9.17, 15) is 0 Å². The first kappa shape index (κ1) is 18.2. The van der Waals surface area contributed by atoms with E-state index in [4.69, 9.17) is 5.41 Å². The molecule has 0 fully saturated rings. The number of aromatic amines is 1. The third-order valence-electron chi connectivity index (χ3n) is 5.55. The zero-order valence-electron chi connectivity index (χ0n) is 16.3. The Kier molecular flexibility index (Phi) is 5.12. The quantitative estimate of drug-likeness (QED) is 0.359. The molecule has 0 aliphatic heterocycles. The first-order valence-corrected chi connectivity index (χ1v) is 9.84. The minimum Gasteiger partial charge on any atom is -0.361 e. The highest BCUT2D eigenvalue weighted by Crippen LogP contribution is 2.34. The fraction of sp³-hybridized carbons (Fsp3) is 0.192. The molecule has 1 aromatic heterocycles. The molecule has 0 bridgehead atoms. The lowest BCUT2D eigenvalue weighted by Gasteiger charge is -2.31. The van der Waals surface area contributed by atoms with Crippen LogP contribution in [0.1, 0.15) is 30.0 Å². The third kappa shape index (κ3) is 4.07. The van der Waals surface area contributed by atoms with Crippen LogP contribution in [0.15, 0.2) is 91.1 Å². The Morgan fingerprint density at radius 3 is 2.25 bits per heavy atom. The van der Waals surface area contributed by atoms with Crippen molar-refractivity contribution in [2.24, 2.45) is 0 Å². The first-order valence-electron chi connectivity index (χ1n) is 9.84. The highest BCUT2D eigenvalue weighted by molar-refractivity contribution is 5.86. The summed E-state index contributed by atoms with van der Waals surface area (Å²) < 4.78 is 0. The molecule has 0 amide bonds. The zero-order valence-corrected chi connectivity index (χ0v) is 16.3. The van der Waals surface area contributed by atoms with Crippen LogP contribution in [0.3, 0.4) is 0 Å². The van der Waals surface area contributed by atoms with Gasteiger partial charge in [0.05, 0.1) is 0 Å². The van der Waals surface area contributed by atoms with Crippen LogP contribution < -0.4 is 0 Å². The van der Waals surface area contributed by atoms with Crippen LogP contribution in [0.25, 0.3) is 10.9 Å². The van der Waals surface area contributed by atoms with Crippen molar-refractivity contribution in [2.75, 3.05) is 0 Å². The number of hydrogen-bond acceptors (Lipinski definition) is 1. The van der Waals surface area contributed by atoms with E-state index in [1.807, 2.05) is 24.4 Å². The minimum absolute atomic E-state index is 0.126. The number of rotatable bonds is 7. The van der Waals surface area contributed by atoms with Gasteiger partial charge >= 0.3 is 0 Å². The van der Waals surface area contributed by atoms with Crippen LogP contribution in [0.5, 0.6) is 0 Å². The van der Waals surface area contributed by atoms with Gasteiger partial charge in [0, 0.05) is 29.3 Å². The van der Waals surface area contributed by atoms with Crippen molar-refractivity contribution in [3.05, 3.63) is 108 Å². The van der Waals surface area contributed by atoms with Gasteiger partial charge in [-0.3, -0.25) is 0 Å². The predicted molar refractivity (Wildman–Crippen MR) is 118 cm³/mol. The van der Waals surface area contributed by atoms with Crippen LogP contribution in [0.2, 0.25) is 0 Å². The van der Waals surface area contributed by atoms with Crippen molar-refractivity contribution in [1.29, 1.82) is 5.41 Å². The molecule has 0 saturated heterocycles. The molecule has 2 N–H and O–H groups in total. The Labute approximate surface area is 166 Å². The van der Waals surface area contributed by atoms with Gasteiger partial charge in [0.2, 0.25) is 0 Å². The van der Waals surface area contributed by atoms with Gasteiger partial charge in [-0.15, -0.1) is 0 Å². The number of H-pyrrole nitrogens is 1. The zero-order chi connectivity index (χ0) is 19.4. The number of hydrogen-bond donors (Lipinski definition) is 2. The second-order valence-corrected chi connectivity index (χ2v) is 7.95.